The first-order chi connectivity index (χ1) is 11.5. The predicted octanol–water partition coefficient (Wildman–Crippen LogP) is 3.47. The zero-order valence-electron chi connectivity index (χ0n) is 13.0. The van der Waals surface area contributed by atoms with E-state index >= 15 is 0 Å². The van der Waals surface area contributed by atoms with Crippen LogP contribution in [0.25, 0.3) is 0 Å². The largest absolute Gasteiger partial charge is 0.481 e. The van der Waals surface area contributed by atoms with Gasteiger partial charge in [0, 0.05) is 11.0 Å². The molecule has 0 heterocycles. The average molecular weight is 388 g/mol. The van der Waals surface area contributed by atoms with E-state index in [4.69, 9.17) is 0 Å². The van der Waals surface area contributed by atoms with Crippen LogP contribution < -0.4 is 5.32 Å². The van der Waals surface area contributed by atoms with Gasteiger partial charge in [0.25, 0.3) is 0 Å². The Kier molecular flexibility index (Phi) is 4.71. The summed E-state index contributed by atoms with van der Waals surface area (Å²) in [7, 11) is 0. The molecule has 3 rings (SSSR count). The summed E-state index contributed by atoms with van der Waals surface area (Å²) in [5.41, 5.74) is 1.18. The quantitative estimate of drug-likeness (QED) is 0.797. The number of carboxylic acids is 1. The van der Waals surface area contributed by atoms with Gasteiger partial charge >= 0.3 is 5.97 Å². The molecule has 24 heavy (non-hydrogen) atoms. The van der Waals surface area contributed by atoms with Crippen molar-refractivity contribution in [2.45, 2.75) is 24.2 Å². The Labute approximate surface area is 149 Å². The van der Waals surface area contributed by atoms with Gasteiger partial charge in [-0.1, -0.05) is 58.4 Å². The lowest BCUT2D eigenvalue weighted by Gasteiger charge is -2.19. The second-order valence-corrected chi connectivity index (χ2v) is 7.02. The maximum Gasteiger partial charge on any atom is 0.312 e. The Hall–Kier alpha value is -2.14. The maximum absolute atomic E-state index is 12.7. The fourth-order valence-electron chi connectivity index (χ4n) is 2.94. The summed E-state index contributed by atoms with van der Waals surface area (Å²) in [6.07, 6.45) is 1.59. The molecule has 1 atom stereocenters. The van der Waals surface area contributed by atoms with Gasteiger partial charge in [0.2, 0.25) is 5.91 Å². The molecular formula is C19H18BrNO3. The number of aliphatic carboxylic acids is 1. The summed E-state index contributed by atoms with van der Waals surface area (Å²) in [5.74, 6) is -1.77. The third-order valence-corrected chi connectivity index (χ3v) is 5.08. The van der Waals surface area contributed by atoms with E-state index in [1.165, 1.54) is 0 Å². The Bertz CT molecular complexity index is 739. The molecule has 1 saturated carbocycles. The second kappa shape index (κ2) is 6.77. The number of hydrogen-bond acceptors (Lipinski definition) is 2. The smallest absolute Gasteiger partial charge is 0.312 e. The van der Waals surface area contributed by atoms with Crippen molar-refractivity contribution in [3.63, 3.8) is 0 Å². The number of hydrogen-bond donors (Lipinski definition) is 2. The van der Waals surface area contributed by atoms with Gasteiger partial charge in [0.1, 0.15) is 0 Å². The Morgan fingerprint density at radius 1 is 1.08 bits per heavy atom. The van der Waals surface area contributed by atoms with Crippen LogP contribution >= 0.6 is 15.9 Å². The number of rotatable bonds is 6. The Morgan fingerprint density at radius 3 is 2.25 bits per heavy atom. The molecule has 1 unspecified atom stereocenters. The number of amides is 1. The van der Waals surface area contributed by atoms with E-state index in [1.807, 2.05) is 30.3 Å². The van der Waals surface area contributed by atoms with Crippen LogP contribution in [0.15, 0.2) is 59.1 Å². The molecule has 0 spiro atoms. The molecule has 0 saturated heterocycles. The van der Waals surface area contributed by atoms with E-state index in [0.717, 1.165) is 22.9 Å². The van der Waals surface area contributed by atoms with Crippen LogP contribution in [0, 0.1) is 0 Å². The highest BCUT2D eigenvalue weighted by molar-refractivity contribution is 9.10. The van der Waals surface area contributed by atoms with Crippen molar-refractivity contribution in [2.24, 2.45) is 0 Å². The van der Waals surface area contributed by atoms with Crippen LogP contribution in [0.1, 0.15) is 29.9 Å². The lowest BCUT2D eigenvalue weighted by Crippen LogP contribution is -2.38. The SMILES string of the molecule is O=C(O)C(CNC(=O)C1(c2ccc(Br)cc2)CC1)c1ccccc1. The van der Waals surface area contributed by atoms with Gasteiger partial charge in [-0.25, -0.2) is 0 Å². The van der Waals surface area contributed by atoms with Gasteiger partial charge in [0.05, 0.1) is 11.3 Å². The first-order valence-corrected chi connectivity index (χ1v) is 8.64. The van der Waals surface area contributed by atoms with Crippen LogP contribution in [-0.2, 0) is 15.0 Å². The maximum atomic E-state index is 12.7. The predicted molar refractivity (Wildman–Crippen MR) is 94.9 cm³/mol. The van der Waals surface area contributed by atoms with Gasteiger partial charge in [-0.15, -0.1) is 0 Å². The molecule has 2 aromatic carbocycles. The van der Waals surface area contributed by atoms with E-state index < -0.39 is 17.3 Å². The number of benzene rings is 2. The Balaban J connectivity index is 1.70. The molecule has 1 amide bonds. The average Bonchev–Trinajstić information content (AvgIpc) is 3.38. The summed E-state index contributed by atoms with van der Waals surface area (Å²) in [6, 6.07) is 16.7. The minimum Gasteiger partial charge on any atom is -0.481 e. The molecule has 4 nitrogen and oxygen atoms in total. The summed E-state index contributed by atoms with van der Waals surface area (Å²) in [5, 5.41) is 12.3. The summed E-state index contributed by atoms with van der Waals surface area (Å²) >= 11 is 3.40. The molecule has 2 N–H and O–H groups in total. The van der Waals surface area contributed by atoms with Crippen LogP contribution in [0.5, 0.6) is 0 Å². The topological polar surface area (TPSA) is 66.4 Å². The first kappa shape index (κ1) is 16.7. The van der Waals surface area contributed by atoms with Crippen LogP contribution in [-0.4, -0.2) is 23.5 Å². The van der Waals surface area contributed by atoms with E-state index in [2.05, 4.69) is 21.2 Å². The third-order valence-electron chi connectivity index (χ3n) is 4.55. The van der Waals surface area contributed by atoms with Gasteiger partial charge in [-0.05, 0) is 36.1 Å². The van der Waals surface area contributed by atoms with Gasteiger partial charge in [0.15, 0.2) is 0 Å². The monoisotopic (exact) mass is 387 g/mol. The van der Waals surface area contributed by atoms with Gasteiger partial charge in [-0.2, -0.15) is 0 Å². The number of carbonyl (C=O) groups is 2. The normalized spacial score (nSPS) is 16.2. The molecule has 1 aliphatic carbocycles. The Morgan fingerprint density at radius 2 is 1.71 bits per heavy atom. The van der Waals surface area contributed by atoms with Crippen molar-refractivity contribution in [1.82, 2.24) is 5.32 Å². The molecule has 0 bridgehead atoms. The van der Waals surface area contributed by atoms with E-state index in [0.29, 0.717) is 5.56 Å². The molecule has 5 heteroatoms. The van der Waals surface area contributed by atoms with E-state index in [1.54, 1.807) is 24.3 Å². The minimum atomic E-state index is -0.935. The highest BCUT2D eigenvalue weighted by Crippen LogP contribution is 2.48. The highest BCUT2D eigenvalue weighted by atomic mass is 79.9. The summed E-state index contributed by atoms with van der Waals surface area (Å²) < 4.78 is 0.970. The van der Waals surface area contributed by atoms with Crippen LogP contribution in [0.2, 0.25) is 0 Å². The van der Waals surface area contributed by atoms with Gasteiger partial charge < -0.3 is 10.4 Å². The number of halogens is 1. The second-order valence-electron chi connectivity index (χ2n) is 6.10. The lowest BCUT2D eigenvalue weighted by atomic mass is 9.94. The fourth-order valence-corrected chi connectivity index (χ4v) is 3.20. The van der Waals surface area contributed by atoms with Crippen molar-refractivity contribution in [2.75, 3.05) is 6.54 Å². The fraction of sp³-hybridized carbons (Fsp3) is 0.263. The lowest BCUT2D eigenvalue weighted by molar-refractivity contribution is -0.138. The summed E-state index contributed by atoms with van der Waals surface area (Å²) in [4.78, 5) is 24.2. The zero-order valence-corrected chi connectivity index (χ0v) is 14.6. The van der Waals surface area contributed by atoms with Crippen molar-refractivity contribution >= 4 is 27.8 Å². The standard InChI is InChI=1S/C19H18BrNO3/c20-15-8-6-14(7-9-15)19(10-11-19)18(24)21-12-16(17(22)23)13-4-2-1-3-5-13/h1-9,16H,10-12H2,(H,21,24)(H,22,23). The molecule has 124 valence electrons. The molecule has 0 aliphatic heterocycles. The van der Waals surface area contributed by atoms with Crippen molar-refractivity contribution < 1.29 is 14.7 Å². The molecular weight excluding hydrogens is 370 g/mol. The minimum absolute atomic E-state index is 0.0907. The number of carbonyl (C=O) groups excluding carboxylic acids is 1. The summed E-state index contributed by atoms with van der Waals surface area (Å²) in [6.45, 7) is 0.0937. The number of carboxylic acid groups (broad SMARTS) is 1. The first-order valence-electron chi connectivity index (χ1n) is 7.85. The van der Waals surface area contributed by atoms with Crippen molar-refractivity contribution in [3.05, 3.63) is 70.2 Å². The van der Waals surface area contributed by atoms with E-state index in [-0.39, 0.29) is 12.5 Å². The third kappa shape index (κ3) is 3.36. The van der Waals surface area contributed by atoms with Crippen LogP contribution in [0.3, 0.4) is 0 Å². The van der Waals surface area contributed by atoms with Crippen molar-refractivity contribution in [3.8, 4) is 0 Å². The molecule has 2 aromatic rings. The molecule has 1 aliphatic rings. The van der Waals surface area contributed by atoms with Crippen LogP contribution in [0.4, 0.5) is 0 Å². The molecule has 0 radical (unpaired) electrons. The van der Waals surface area contributed by atoms with E-state index in [9.17, 15) is 14.7 Å². The van der Waals surface area contributed by atoms with Gasteiger partial charge in [-0.3, -0.25) is 9.59 Å². The molecule has 0 aromatic heterocycles. The molecule has 1 fully saturated rings. The number of nitrogens with one attached hydrogen (secondary N) is 1. The highest BCUT2D eigenvalue weighted by Gasteiger charge is 2.51. The van der Waals surface area contributed by atoms with Crippen molar-refractivity contribution in [1.29, 1.82) is 0 Å². The zero-order chi connectivity index (χ0) is 17.2.